The van der Waals surface area contributed by atoms with E-state index in [4.69, 9.17) is 0 Å². The number of benzene rings is 2. The summed E-state index contributed by atoms with van der Waals surface area (Å²) in [4.78, 5) is 0.346. The maximum atomic E-state index is 12.4. The number of aromatic hydroxyl groups is 1. The molecule has 2 aromatic rings. The van der Waals surface area contributed by atoms with Crippen LogP contribution in [-0.4, -0.2) is 111 Å². The summed E-state index contributed by atoms with van der Waals surface area (Å²) in [5.41, 5.74) is 3.26. The first-order valence-electron chi connectivity index (χ1n) is 12.3. The molecule has 0 radical (unpaired) electrons. The van der Waals surface area contributed by atoms with E-state index in [1.807, 2.05) is 52.0 Å². The zero-order valence-corrected chi connectivity index (χ0v) is 23.9. The van der Waals surface area contributed by atoms with Gasteiger partial charge in [0.25, 0.3) is 20.2 Å². The predicted molar refractivity (Wildman–Crippen MR) is 159 cm³/mol. The van der Waals surface area contributed by atoms with E-state index in [2.05, 4.69) is 9.48 Å². The van der Waals surface area contributed by atoms with Gasteiger partial charge in [0.2, 0.25) is 0 Å². The quantitative estimate of drug-likeness (QED) is 0.217. The molecule has 1 aliphatic rings. The van der Waals surface area contributed by atoms with Crippen molar-refractivity contribution in [1.82, 2.24) is 0 Å². The molecule has 40 heavy (non-hydrogen) atoms. The summed E-state index contributed by atoms with van der Waals surface area (Å²) in [5.74, 6) is -0.855. The van der Waals surface area contributed by atoms with Crippen molar-refractivity contribution in [2.75, 3.05) is 31.1 Å². The summed E-state index contributed by atoms with van der Waals surface area (Å²) < 4.78 is 70.1. The maximum absolute atomic E-state index is 12.4. The average Bonchev–Trinajstić information content (AvgIpc) is 2.86. The Bertz CT molecular complexity index is 1530. The van der Waals surface area contributed by atoms with E-state index >= 15 is 0 Å². The molecule has 10 nitrogen and oxygen atoms in total. The fraction of sp³-hybridized carbons (Fsp3) is 0.296. The van der Waals surface area contributed by atoms with Gasteiger partial charge in [-0.05, 0) is 80.8 Å². The first-order valence-corrected chi connectivity index (χ1v) is 15.1. The van der Waals surface area contributed by atoms with E-state index in [0.29, 0.717) is 22.8 Å². The van der Waals surface area contributed by atoms with Crippen LogP contribution in [0.4, 0.5) is 5.69 Å². The van der Waals surface area contributed by atoms with Gasteiger partial charge in [0.1, 0.15) is 28.6 Å². The summed E-state index contributed by atoms with van der Waals surface area (Å²) >= 11 is 0. The van der Waals surface area contributed by atoms with E-state index in [1.165, 1.54) is 0 Å². The Labute approximate surface area is 265 Å². The molecule has 0 spiro atoms. The summed E-state index contributed by atoms with van der Waals surface area (Å²) in [6.07, 6.45) is 7.35. The molecule has 0 aromatic heterocycles. The van der Waals surface area contributed by atoms with Crippen LogP contribution in [0, 0.1) is 0 Å². The van der Waals surface area contributed by atoms with Crippen molar-refractivity contribution in [2.24, 2.45) is 0 Å². The number of phenols is 1. The van der Waals surface area contributed by atoms with Crippen LogP contribution in [0.3, 0.4) is 0 Å². The number of nitrogens with zero attached hydrogens (tertiary/aromatic N) is 2. The normalized spacial score (nSPS) is 12.9. The number of allylic oxidation sites excluding steroid dienone is 5. The Balaban J connectivity index is 0.00000400. The van der Waals surface area contributed by atoms with Crippen LogP contribution in [0.1, 0.15) is 38.8 Å². The van der Waals surface area contributed by atoms with Gasteiger partial charge in [-0.1, -0.05) is 12.1 Å². The number of phenolic OH excluding ortho intramolecular Hbond substituents is 1. The Kier molecular flexibility index (Phi) is 13.3. The number of hydrogen-bond donors (Lipinski definition) is 3. The fourth-order valence-electron chi connectivity index (χ4n) is 4.50. The van der Waals surface area contributed by atoms with E-state index in [-0.39, 0.29) is 48.8 Å². The monoisotopic (exact) mass is 620 g/mol. The first-order chi connectivity index (χ1) is 17.8. The minimum absolute atomic E-state index is 0. The zero-order chi connectivity index (χ0) is 28.3. The van der Waals surface area contributed by atoms with E-state index in [9.17, 15) is 31.0 Å². The molecule has 216 valence electrons. The zero-order valence-electron chi connectivity index (χ0n) is 22.2. The van der Waals surface area contributed by atoms with Crippen LogP contribution >= 0.6 is 0 Å². The Morgan fingerprint density at radius 2 is 1.30 bits per heavy atom. The number of hydrogen-bond acceptors (Lipinski definition) is 7. The van der Waals surface area contributed by atoms with Crippen LogP contribution in [0.2, 0.25) is 0 Å². The predicted octanol–water partition coefficient (Wildman–Crippen LogP) is 3.06. The minimum atomic E-state index is -4.98. The van der Waals surface area contributed by atoms with Gasteiger partial charge < -0.3 is 15.5 Å². The molecule has 0 amide bonds. The topological polar surface area (TPSA) is 165 Å². The minimum Gasteiger partial charge on any atom is -0.870 e. The third-order valence-electron chi connectivity index (χ3n) is 6.46. The Morgan fingerprint density at radius 3 is 1.73 bits per heavy atom. The third kappa shape index (κ3) is 8.04. The van der Waals surface area contributed by atoms with Crippen molar-refractivity contribution in [2.45, 2.75) is 37.5 Å². The molecule has 0 unspecified atom stereocenters. The van der Waals surface area contributed by atoms with Gasteiger partial charge in [0, 0.05) is 36.5 Å². The van der Waals surface area contributed by atoms with Crippen LogP contribution in [0.15, 0.2) is 76.1 Å². The summed E-state index contributed by atoms with van der Waals surface area (Å²) in [6.45, 7) is 11.3. The second kappa shape index (κ2) is 14.7. The van der Waals surface area contributed by atoms with Gasteiger partial charge in [-0.15, -0.1) is 0 Å². The fourth-order valence-corrected chi connectivity index (χ4v) is 5.87. The van der Waals surface area contributed by atoms with Crippen molar-refractivity contribution in [3.63, 3.8) is 0 Å². The molecule has 0 bridgehead atoms. The number of anilines is 1. The molecule has 1 aliphatic carbocycles. The molecule has 0 fully saturated rings. The SMILES string of the molecule is CCN(CC)c1ccc(C(=C2C=CC(=[N+](CC)CC)C=C2)c2cc(O)c(S(=O)(=O)O)cc2S(=O)(=O)O)cc1.[CaH2].[OH-]. The molecule has 0 aliphatic heterocycles. The van der Waals surface area contributed by atoms with E-state index < -0.39 is 35.8 Å². The van der Waals surface area contributed by atoms with Crippen molar-refractivity contribution < 1.29 is 41.1 Å². The third-order valence-corrected chi connectivity index (χ3v) is 8.23. The molecule has 4 N–H and O–H groups in total. The second-order valence-electron chi connectivity index (χ2n) is 8.58. The number of rotatable bonds is 9. The van der Waals surface area contributed by atoms with Crippen LogP contribution in [0.25, 0.3) is 5.57 Å². The first kappa shape index (κ1) is 36.0. The van der Waals surface area contributed by atoms with Crippen LogP contribution < -0.4 is 4.90 Å². The van der Waals surface area contributed by atoms with Gasteiger partial charge in [-0.2, -0.15) is 16.8 Å². The van der Waals surface area contributed by atoms with Crippen LogP contribution in [-0.2, 0) is 20.2 Å². The average molecular weight is 621 g/mol. The van der Waals surface area contributed by atoms with Crippen molar-refractivity contribution in [3.8, 4) is 5.75 Å². The van der Waals surface area contributed by atoms with Crippen molar-refractivity contribution in [3.05, 3.63) is 77.4 Å². The van der Waals surface area contributed by atoms with Gasteiger partial charge in [0.05, 0.1) is 0 Å². The molecular formula is C27H36CaN2O8S2. The molecular weight excluding hydrogens is 585 g/mol. The molecule has 0 heterocycles. The van der Waals surface area contributed by atoms with Gasteiger partial charge in [-0.25, -0.2) is 4.58 Å². The Morgan fingerprint density at radius 1 is 0.800 bits per heavy atom. The van der Waals surface area contributed by atoms with Crippen LogP contribution in [0.5, 0.6) is 5.75 Å². The summed E-state index contributed by atoms with van der Waals surface area (Å²) in [7, 11) is -9.95. The molecule has 3 rings (SSSR count). The maximum Gasteiger partial charge on any atom is -0.870 e. The van der Waals surface area contributed by atoms with Crippen molar-refractivity contribution in [1.29, 1.82) is 0 Å². The van der Waals surface area contributed by atoms with Gasteiger partial charge in [-0.3, -0.25) is 9.11 Å². The molecule has 13 heteroatoms. The van der Waals surface area contributed by atoms with Crippen molar-refractivity contribution >= 4 is 74.9 Å². The van der Waals surface area contributed by atoms with Gasteiger partial charge >= 0.3 is 37.7 Å². The largest absolute Gasteiger partial charge is 0.870 e. The molecule has 0 saturated carbocycles. The second-order valence-corrected chi connectivity index (χ2v) is 11.4. The molecule has 0 atom stereocenters. The summed E-state index contributed by atoms with van der Waals surface area (Å²) in [5, 5.41) is 10.5. The molecule has 0 saturated heterocycles. The molecule has 2 aromatic carbocycles. The Hall–Kier alpha value is -2.03. The van der Waals surface area contributed by atoms with Gasteiger partial charge in [0.15, 0.2) is 5.71 Å². The summed E-state index contributed by atoms with van der Waals surface area (Å²) in [6, 6.07) is 8.84. The van der Waals surface area contributed by atoms with E-state index in [0.717, 1.165) is 43.6 Å². The van der Waals surface area contributed by atoms with E-state index in [1.54, 1.807) is 24.3 Å². The smallest absolute Gasteiger partial charge is 0.870 e. The standard InChI is InChI=1S/C27H32N2O7S2.Ca.H2O.2H/c1-5-28(6-2)21-13-9-19(10-14-21)27(20-11-15-22(16-12-20)29(7-3)8-4)23-17-24(30)26(38(34,35)36)18-25(23)37(31,32)33;;;;/h9-18H,5-8H2,1-4H3,(H2-,30,31,32,33,34,35,36);;1H2;;.